The van der Waals surface area contributed by atoms with Crippen LogP contribution in [0, 0.1) is 0 Å². The Morgan fingerprint density at radius 3 is 2.92 bits per heavy atom. The summed E-state index contributed by atoms with van der Waals surface area (Å²) in [6, 6.07) is 1.48. The van der Waals surface area contributed by atoms with Crippen LogP contribution in [0.5, 0.6) is 0 Å². The first-order chi connectivity index (χ1) is 5.83. The van der Waals surface area contributed by atoms with Crippen LogP contribution in [0.1, 0.15) is 39.0 Å². The predicted molar refractivity (Wildman–Crippen MR) is 53.4 cm³/mol. The second kappa shape index (κ2) is 5.55. The van der Waals surface area contributed by atoms with E-state index in [1.54, 1.807) is 0 Å². The summed E-state index contributed by atoms with van der Waals surface area (Å²) >= 11 is 0. The normalized spacial score (nSPS) is 27.0. The molecule has 1 rings (SSSR count). The van der Waals surface area contributed by atoms with Gasteiger partial charge in [-0.15, -0.1) is 0 Å². The lowest BCUT2D eigenvalue weighted by Gasteiger charge is -2.24. The smallest absolute Gasteiger partial charge is 0.00676 e. The molecule has 1 aliphatic heterocycles. The van der Waals surface area contributed by atoms with E-state index in [4.69, 9.17) is 0 Å². The standard InChI is InChI=1S/C10H22N2/c1-9(11-2)6-7-10-5-3-4-8-12-10/h9-12H,3-8H2,1-2H3. The van der Waals surface area contributed by atoms with Crippen LogP contribution in [0.4, 0.5) is 0 Å². The van der Waals surface area contributed by atoms with Crippen molar-refractivity contribution in [1.29, 1.82) is 0 Å². The van der Waals surface area contributed by atoms with Crippen LogP contribution < -0.4 is 10.6 Å². The summed E-state index contributed by atoms with van der Waals surface area (Å²) in [4.78, 5) is 0. The van der Waals surface area contributed by atoms with Gasteiger partial charge in [-0.2, -0.15) is 0 Å². The molecule has 1 aliphatic rings. The zero-order valence-electron chi connectivity index (χ0n) is 8.40. The first kappa shape index (κ1) is 10.0. The van der Waals surface area contributed by atoms with Crippen molar-refractivity contribution in [2.45, 2.75) is 51.1 Å². The van der Waals surface area contributed by atoms with E-state index in [9.17, 15) is 0 Å². The first-order valence-corrected chi connectivity index (χ1v) is 5.23. The van der Waals surface area contributed by atoms with Crippen molar-refractivity contribution in [2.75, 3.05) is 13.6 Å². The molecule has 0 aromatic rings. The summed E-state index contributed by atoms with van der Waals surface area (Å²) < 4.78 is 0. The molecular formula is C10H22N2. The van der Waals surface area contributed by atoms with Crippen molar-refractivity contribution in [3.8, 4) is 0 Å². The Hall–Kier alpha value is -0.0800. The summed E-state index contributed by atoms with van der Waals surface area (Å²) in [6.07, 6.45) is 6.82. The minimum atomic E-state index is 0.675. The lowest BCUT2D eigenvalue weighted by molar-refractivity contribution is 0.361. The molecule has 12 heavy (non-hydrogen) atoms. The number of nitrogens with one attached hydrogen (secondary N) is 2. The number of rotatable bonds is 4. The van der Waals surface area contributed by atoms with Gasteiger partial charge in [0.15, 0.2) is 0 Å². The Balaban J connectivity index is 2.05. The summed E-state index contributed by atoms with van der Waals surface area (Å²) in [5, 5.41) is 6.85. The van der Waals surface area contributed by atoms with Crippen LogP contribution in [0.3, 0.4) is 0 Å². The SMILES string of the molecule is CNC(C)CCC1CCCCN1. The molecule has 0 saturated carbocycles. The summed E-state index contributed by atoms with van der Waals surface area (Å²) in [5.74, 6) is 0. The number of hydrogen-bond acceptors (Lipinski definition) is 2. The van der Waals surface area contributed by atoms with E-state index < -0.39 is 0 Å². The monoisotopic (exact) mass is 170 g/mol. The van der Waals surface area contributed by atoms with Gasteiger partial charge in [0.1, 0.15) is 0 Å². The molecular weight excluding hydrogens is 148 g/mol. The van der Waals surface area contributed by atoms with Crippen LogP contribution in [0.2, 0.25) is 0 Å². The van der Waals surface area contributed by atoms with Crippen LogP contribution in [0.15, 0.2) is 0 Å². The maximum atomic E-state index is 3.57. The molecule has 2 unspecified atom stereocenters. The molecule has 1 saturated heterocycles. The molecule has 0 amide bonds. The van der Waals surface area contributed by atoms with Crippen molar-refractivity contribution in [3.05, 3.63) is 0 Å². The Kier molecular flexibility index (Phi) is 4.62. The molecule has 2 nitrogen and oxygen atoms in total. The van der Waals surface area contributed by atoms with Gasteiger partial charge in [0.2, 0.25) is 0 Å². The molecule has 2 N–H and O–H groups in total. The van der Waals surface area contributed by atoms with Gasteiger partial charge in [-0.3, -0.25) is 0 Å². The van der Waals surface area contributed by atoms with Gasteiger partial charge in [-0.05, 0) is 46.2 Å². The Bertz CT molecular complexity index is 108. The molecule has 2 atom stereocenters. The average molecular weight is 170 g/mol. The van der Waals surface area contributed by atoms with E-state index >= 15 is 0 Å². The van der Waals surface area contributed by atoms with Crippen molar-refractivity contribution >= 4 is 0 Å². The maximum Gasteiger partial charge on any atom is 0.00676 e. The maximum absolute atomic E-state index is 3.57. The minimum absolute atomic E-state index is 0.675. The molecule has 0 bridgehead atoms. The van der Waals surface area contributed by atoms with E-state index in [2.05, 4.69) is 17.6 Å². The molecule has 0 aliphatic carbocycles. The third-order valence-electron chi connectivity index (χ3n) is 2.85. The van der Waals surface area contributed by atoms with E-state index in [0.717, 1.165) is 6.04 Å². The zero-order valence-corrected chi connectivity index (χ0v) is 8.40. The van der Waals surface area contributed by atoms with Crippen molar-refractivity contribution < 1.29 is 0 Å². The third kappa shape index (κ3) is 3.55. The van der Waals surface area contributed by atoms with Gasteiger partial charge in [-0.1, -0.05) is 6.42 Å². The lowest BCUT2D eigenvalue weighted by atomic mass is 9.99. The third-order valence-corrected chi connectivity index (χ3v) is 2.85. The van der Waals surface area contributed by atoms with Gasteiger partial charge in [-0.25, -0.2) is 0 Å². The van der Waals surface area contributed by atoms with Gasteiger partial charge in [0.25, 0.3) is 0 Å². The van der Waals surface area contributed by atoms with Crippen molar-refractivity contribution in [3.63, 3.8) is 0 Å². The van der Waals surface area contributed by atoms with E-state index in [0.29, 0.717) is 6.04 Å². The highest BCUT2D eigenvalue weighted by Crippen LogP contribution is 2.12. The van der Waals surface area contributed by atoms with Crippen molar-refractivity contribution in [1.82, 2.24) is 10.6 Å². The van der Waals surface area contributed by atoms with Gasteiger partial charge < -0.3 is 10.6 Å². The molecule has 1 fully saturated rings. The van der Waals surface area contributed by atoms with Crippen LogP contribution in [0.25, 0.3) is 0 Å². The van der Waals surface area contributed by atoms with Gasteiger partial charge in [0.05, 0.1) is 0 Å². The molecule has 0 radical (unpaired) electrons. The fourth-order valence-corrected chi connectivity index (χ4v) is 1.77. The van der Waals surface area contributed by atoms with Gasteiger partial charge >= 0.3 is 0 Å². The predicted octanol–water partition coefficient (Wildman–Crippen LogP) is 1.52. The minimum Gasteiger partial charge on any atom is -0.317 e. The van der Waals surface area contributed by atoms with Crippen LogP contribution in [-0.4, -0.2) is 25.7 Å². The second-order valence-corrected chi connectivity index (χ2v) is 3.91. The van der Waals surface area contributed by atoms with E-state index in [1.165, 1.54) is 38.6 Å². The Morgan fingerprint density at radius 1 is 1.50 bits per heavy atom. The highest BCUT2D eigenvalue weighted by Gasteiger charge is 2.12. The Morgan fingerprint density at radius 2 is 2.33 bits per heavy atom. The number of hydrogen-bond donors (Lipinski definition) is 2. The van der Waals surface area contributed by atoms with E-state index in [-0.39, 0.29) is 0 Å². The molecule has 0 aromatic carbocycles. The summed E-state index contributed by atoms with van der Waals surface area (Å²) in [6.45, 7) is 3.49. The molecule has 0 aromatic heterocycles. The summed E-state index contributed by atoms with van der Waals surface area (Å²) in [5.41, 5.74) is 0. The lowest BCUT2D eigenvalue weighted by Crippen LogP contribution is -2.35. The van der Waals surface area contributed by atoms with Crippen molar-refractivity contribution in [2.24, 2.45) is 0 Å². The molecule has 1 heterocycles. The topological polar surface area (TPSA) is 24.1 Å². The fraction of sp³-hybridized carbons (Fsp3) is 1.00. The van der Waals surface area contributed by atoms with Crippen LogP contribution in [-0.2, 0) is 0 Å². The molecule has 72 valence electrons. The average Bonchev–Trinajstić information content (AvgIpc) is 2.16. The summed E-state index contributed by atoms with van der Waals surface area (Å²) in [7, 11) is 2.04. The number of piperidine rings is 1. The zero-order chi connectivity index (χ0) is 8.81. The second-order valence-electron chi connectivity index (χ2n) is 3.91. The van der Waals surface area contributed by atoms with Gasteiger partial charge in [0, 0.05) is 12.1 Å². The quantitative estimate of drug-likeness (QED) is 0.668. The molecule has 2 heteroatoms. The fourth-order valence-electron chi connectivity index (χ4n) is 1.77. The largest absolute Gasteiger partial charge is 0.317 e. The highest BCUT2D eigenvalue weighted by atomic mass is 14.9. The van der Waals surface area contributed by atoms with Crippen LogP contribution >= 0.6 is 0 Å². The highest BCUT2D eigenvalue weighted by molar-refractivity contribution is 4.73. The first-order valence-electron chi connectivity index (χ1n) is 5.23. The molecule has 0 spiro atoms. The van der Waals surface area contributed by atoms with E-state index in [1.807, 2.05) is 7.05 Å². The Labute approximate surface area is 76.1 Å².